The highest BCUT2D eigenvalue weighted by atomic mass is 19.1. The maximum Gasteiger partial charge on any atom is 0.126 e. The van der Waals surface area contributed by atoms with Crippen LogP contribution in [0.2, 0.25) is 0 Å². The summed E-state index contributed by atoms with van der Waals surface area (Å²) >= 11 is 0. The summed E-state index contributed by atoms with van der Waals surface area (Å²) in [5.41, 5.74) is 2.08. The summed E-state index contributed by atoms with van der Waals surface area (Å²) in [6.07, 6.45) is 1.63. The molecular weight excluding hydrogens is 256 g/mol. The van der Waals surface area contributed by atoms with E-state index in [1.54, 1.807) is 0 Å². The van der Waals surface area contributed by atoms with Crippen molar-refractivity contribution in [2.75, 3.05) is 13.1 Å². The van der Waals surface area contributed by atoms with Crippen LogP contribution in [0.25, 0.3) is 0 Å². The predicted molar refractivity (Wildman–Crippen MR) is 75.5 cm³/mol. The maximum absolute atomic E-state index is 13.3. The third-order valence-corrected chi connectivity index (χ3v) is 3.92. The molecule has 2 aromatic carbocycles. The van der Waals surface area contributed by atoms with E-state index in [9.17, 15) is 8.78 Å². The van der Waals surface area contributed by atoms with Gasteiger partial charge >= 0.3 is 0 Å². The Morgan fingerprint density at radius 1 is 0.850 bits per heavy atom. The number of hydrogen-bond donors (Lipinski definition) is 1. The molecule has 0 amide bonds. The van der Waals surface area contributed by atoms with E-state index in [2.05, 4.69) is 17.4 Å². The van der Waals surface area contributed by atoms with E-state index < -0.39 is 11.6 Å². The Bertz CT molecular complexity index is 571. The summed E-state index contributed by atoms with van der Waals surface area (Å²) in [5, 5.41) is 3.28. The Hall–Kier alpha value is -1.74. The van der Waals surface area contributed by atoms with Crippen LogP contribution in [0.1, 0.15) is 11.1 Å². The van der Waals surface area contributed by atoms with Gasteiger partial charge < -0.3 is 5.32 Å². The normalized spacial score (nSPS) is 16.7. The number of halogens is 2. The van der Waals surface area contributed by atoms with Crippen molar-refractivity contribution in [2.24, 2.45) is 5.41 Å². The van der Waals surface area contributed by atoms with Gasteiger partial charge in [-0.2, -0.15) is 0 Å². The fourth-order valence-corrected chi connectivity index (χ4v) is 2.97. The molecule has 0 saturated carbocycles. The van der Waals surface area contributed by atoms with Crippen molar-refractivity contribution in [1.82, 2.24) is 5.32 Å². The molecule has 0 aliphatic carbocycles. The third-order valence-electron chi connectivity index (χ3n) is 3.92. The zero-order valence-corrected chi connectivity index (χ0v) is 11.2. The van der Waals surface area contributed by atoms with Crippen molar-refractivity contribution in [1.29, 1.82) is 0 Å². The first-order valence-corrected chi connectivity index (χ1v) is 6.85. The van der Waals surface area contributed by atoms with E-state index in [0.717, 1.165) is 31.1 Å². The molecular formula is C17H17F2N. The SMILES string of the molecule is Fc1cc(F)cc(CC2(Cc3ccccc3)CNC2)c1. The topological polar surface area (TPSA) is 12.0 Å². The highest BCUT2D eigenvalue weighted by Crippen LogP contribution is 2.32. The van der Waals surface area contributed by atoms with Gasteiger partial charge in [0, 0.05) is 24.6 Å². The summed E-state index contributed by atoms with van der Waals surface area (Å²) in [6.45, 7) is 1.78. The highest BCUT2D eigenvalue weighted by molar-refractivity contribution is 5.24. The molecule has 1 nitrogen and oxygen atoms in total. The van der Waals surface area contributed by atoms with Crippen LogP contribution < -0.4 is 5.32 Å². The van der Waals surface area contributed by atoms with Gasteiger partial charge in [0.2, 0.25) is 0 Å². The minimum Gasteiger partial charge on any atom is -0.315 e. The zero-order valence-electron chi connectivity index (χ0n) is 11.2. The predicted octanol–water partition coefficient (Wildman–Crippen LogP) is 3.34. The average molecular weight is 273 g/mol. The van der Waals surface area contributed by atoms with Crippen LogP contribution in [-0.2, 0) is 12.8 Å². The van der Waals surface area contributed by atoms with Gasteiger partial charge in [0.1, 0.15) is 11.6 Å². The largest absolute Gasteiger partial charge is 0.315 e. The summed E-state index contributed by atoms with van der Waals surface area (Å²) in [4.78, 5) is 0. The minimum atomic E-state index is -0.498. The molecule has 0 aromatic heterocycles. The molecule has 1 aliphatic rings. The molecule has 0 unspecified atom stereocenters. The standard InChI is InChI=1S/C17H17F2N/c18-15-6-14(7-16(19)8-15)10-17(11-20-12-17)9-13-4-2-1-3-5-13/h1-8,20H,9-12H2. The van der Waals surface area contributed by atoms with Gasteiger partial charge in [-0.05, 0) is 36.1 Å². The number of rotatable bonds is 4. The third kappa shape index (κ3) is 2.88. The van der Waals surface area contributed by atoms with E-state index in [1.807, 2.05) is 18.2 Å². The second-order valence-electron chi connectivity index (χ2n) is 5.72. The van der Waals surface area contributed by atoms with E-state index in [0.29, 0.717) is 6.42 Å². The molecule has 3 rings (SSSR count). The van der Waals surface area contributed by atoms with Crippen LogP contribution in [0.15, 0.2) is 48.5 Å². The fraction of sp³-hybridized carbons (Fsp3) is 0.294. The van der Waals surface area contributed by atoms with Gasteiger partial charge in [0.15, 0.2) is 0 Å². The van der Waals surface area contributed by atoms with Crippen LogP contribution in [0.5, 0.6) is 0 Å². The van der Waals surface area contributed by atoms with Crippen LogP contribution in [0, 0.1) is 17.0 Å². The minimum absolute atomic E-state index is 0.0710. The van der Waals surface area contributed by atoms with Gasteiger partial charge in [-0.1, -0.05) is 30.3 Å². The molecule has 0 radical (unpaired) electrons. The molecule has 0 atom stereocenters. The monoisotopic (exact) mass is 273 g/mol. The Morgan fingerprint density at radius 3 is 2.00 bits per heavy atom. The number of nitrogens with one attached hydrogen (secondary N) is 1. The quantitative estimate of drug-likeness (QED) is 0.901. The van der Waals surface area contributed by atoms with Crippen molar-refractivity contribution < 1.29 is 8.78 Å². The lowest BCUT2D eigenvalue weighted by Gasteiger charge is -2.43. The summed E-state index contributed by atoms with van der Waals surface area (Å²) in [6, 6.07) is 14.1. The Balaban J connectivity index is 1.79. The number of hydrogen-bond acceptors (Lipinski definition) is 1. The lowest BCUT2D eigenvalue weighted by atomic mass is 9.72. The lowest BCUT2D eigenvalue weighted by molar-refractivity contribution is 0.166. The Kier molecular flexibility index (Phi) is 3.53. The second-order valence-corrected chi connectivity index (χ2v) is 5.72. The van der Waals surface area contributed by atoms with Crippen LogP contribution >= 0.6 is 0 Å². The summed E-state index contributed by atoms with van der Waals surface area (Å²) in [5.74, 6) is -0.996. The summed E-state index contributed by atoms with van der Waals surface area (Å²) in [7, 11) is 0. The zero-order chi connectivity index (χ0) is 14.0. The molecule has 20 heavy (non-hydrogen) atoms. The molecule has 1 fully saturated rings. The molecule has 104 valence electrons. The first-order valence-electron chi connectivity index (χ1n) is 6.85. The first-order chi connectivity index (χ1) is 9.65. The van der Waals surface area contributed by atoms with Crippen LogP contribution in [0.3, 0.4) is 0 Å². The molecule has 0 spiro atoms. The van der Waals surface area contributed by atoms with Crippen molar-refractivity contribution in [3.63, 3.8) is 0 Å². The smallest absolute Gasteiger partial charge is 0.126 e. The molecule has 3 heteroatoms. The lowest BCUT2D eigenvalue weighted by Crippen LogP contribution is -2.56. The highest BCUT2D eigenvalue weighted by Gasteiger charge is 2.37. The van der Waals surface area contributed by atoms with Crippen molar-refractivity contribution >= 4 is 0 Å². The molecule has 0 bridgehead atoms. The van der Waals surface area contributed by atoms with Crippen LogP contribution in [-0.4, -0.2) is 13.1 Å². The first kappa shape index (κ1) is 13.3. The van der Waals surface area contributed by atoms with Crippen molar-refractivity contribution in [2.45, 2.75) is 12.8 Å². The van der Waals surface area contributed by atoms with E-state index in [4.69, 9.17) is 0 Å². The van der Waals surface area contributed by atoms with Crippen molar-refractivity contribution in [3.8, 4) is 0 Å². The molecule has 1 saturated heterocycles. The molecule has 2 aromatic rings. The summed E-state index contributed by atoms with van der Waals surface area (Å²) < 4.78 is 26.6. The Labute approximate surface area is 117 Å². The van der Waals surface area contributed by atoms with Gasteiger partial charge in [-0.3, -0.25) is 0 Å². The number of benzene rings is 2. The fourth-order valence-electron chi connectivity index (χ4n) is 2.97. The van der Waals surface area contributed by atoms with E-state index in [-0.39, 0.29) is 5.41 Å². The average Bonchev–Trinajstić information content (AvgIpc) is 2.36. The maximum atomic E-state index is 13.3. The molecule has 1 aliphatic heterocycles. The molecule has 1 N–H and O–H groups in total. The van der Waals surface area contributed by atoms with Gasteiger partial charge in [0.25, 0.3) is 0 Å². The molecule has 1 heterocycles. The van der Waals surface area contributed by atoms with Gasteiger partial charge in [-0.15, -0.1) is 0 Å². The van der Waals surface area contributed by atoms with Crippen molar-refractivity contribution in [3.05, 3.63) is 71.3 Å². The van der Waals surface area contributed by atoms with E-state index >= 15 is 0 Å². The van der Waals surface area contributed by atoms with Gasteiger partial charge in [-0.25, -0.2) is 8.78 Å². The second kappa shape index (κ2) is 5.33. The van der Waals surface area contributed by atoms with Crippen LogP contribution in [0.4, 0.5) is 8.78 Å². The van der Waals surface area contributed by atoms with Gasteiger partial charge in [0.05, 0.1) is 0 Å². The van der Waals surface area contributed by atoms with E-state index in [1.165, 1.54) is 17.7 Å². The Morgan fingerprint density at radius 2 is 1.45 bits per heavy atom.